The minimum absolute atomic E-state index is 0.0276. The Kier molecular flexibility index (Phi) is 6.73. The van der Waals surface area contributed by atoms with Crippen LogP contribution in [-0.2, 0) is 4.79 Å². The van der Waals surface area contributed by atoms with Gasteiger partial charge in [0, 0.05) is 24.2 Å². The molecule has 20 heavy (non-hydrogen) atoms. The van der Waals surface area contributed by atoms with E-state index in [1.54, 1.807) is 24.3 Å². The molecule has 0 heterocycles. The highest BCUT2D eigenvalue weighted by atomic mass is 16.2. The lowest BCUT2D eigenvalue weighted by atomic mass is 10.2. The number of primary amides is 1. The second kappa shape index (κ2) is 8.32. The van der Waals surface area contributed by atoms with Gasteiger partial charge in [0.25, 0.3) is 0 Å². The van der Waals surface area contributed by atoms with Gasteiger partial charge in [-0.05, 0) is 44.3 Å². The Hall–Kier alpha value is -1.88. The van der Waals surface area contributed by atoms with Gasteiger partial charge in [-0.25, -0.2) is 0 Å². The van der Waals surface area contributed by atoms with E-state index in [2.05, 4.69) is 17.1 Å². The van der Waals surface area contributed by atoms with Gasteiger partial charge in [-0.2, -0.15) is 0 Å². The molecule has 0 fully saturated rings. The van der Waals surface area contributed by atoms with E-state index in [0.717, 1.165) is 25.9 Å². The van der Waals surface area contributed by atoms with Gasteiger partial charge in [-0.15, -0.1) is 0 Å². The molecule has 1 aromatic carbocycles. The molecule has 5 nitrogen and oxygen atoms in total. The zero-order valence-corrected chi connectivity index (χ0v) is 12.2. The number of carbonyl (C=O) groups is 2. The molecule has 5 heteroatoms. The highest BCUT2D eigenvalue weighted by Crippen LogP contribution is 2.09. The Morgan fingerprint density at radius 2 is 1.85 bits per heavy atom. The van der Waals surface area contributed by atoms with Crippen LogP contribution in [0.1, 0.15) is 36.5 Å². The maximum Gasteiger partial charge on any atom is 0.248 e. The summed E-state index contributed by atoms with van der Waals surface area (Å²) in [4.78, 5) is 24.9. The van der Waals surface area contributed by atoms with Crippen LogP contribution in [0.4, 0.5) is 5.69 Å². The quantitative estimate of drug-likeness (QED) is 0.761. The second-order valence-corrected chi connectivity index (χ2v) is 4.90. The van der Waals surface area contributed by atoms with E-state index >= 15 is 0 Å². The first-order valence-electron chi connectivity index (χ1n) is 6.91. The molecule has 110 valence electrons. The van der Waals surface area contributed by atoms with Gasteiger partial charge in [-0.3, -0.25) is 9.59 Å². The van der Waals surface area contributed by atoms with Gasteiger partial charge in [0.05, 0.1) is 0 Å². The average Bonchev–Trinajstić information content (AvgIpc) is 2.43. The standard InChI is InChI=1S/C15H23N3O2/c1-3-4-10-18(2)11-9-14(19)17-13-7-5-12(6-8-13)15(16)20/h5-8H,3-4,9-11H2,1-2H3,(H2,16,20)(H,17,19). The van der Waals surface area contributed by atoms with Crippen LogP contribution in [0.3, 0.4) is 0 Å². The van der Waals surface area contributed by atoms with Crippen molar-refractivity contribution in [2.45, 2.75) is 26.2 Å². The largest absolute Gasteiger partial charge is 0.366 e. The number of amides is 2. The molecule has 0 aromatic heterocycles. The molecule has 0 aliphatic heterocycles. The predicted octanol–water partition coefficient (Wildman–Crippen LogP) is 1.85. The number of benzene rings is 1. The summed E-state index contributed by atoms with van der Waals surface area (Å²) < 4.78 is 0. The number of hydrogen-bond acceptors (Lipinski definition) is 3. The summed E-state index contributed by atoms with van der Waals surface area (Å²) in [6.07, 6.45) is 2.76. The van der Waals surface area contributed by atoms with Crippen LogP contribution < -0.4 is 11.1 Å². The predicted molar refractivity (Wildman–Crippen MR) is 80.6 cm³/mol. The smallest absolute Gasteiger partial charge is 0.248 e. The van der Waals surface area contributed by atoms with Gasteiger partial charge in [0.2, 0.25) is 11.8 Å². The Morgan fingerprint density at radius 3 is 2.40 bits per heavy atom. The lowest BCUT2D eigenvalue weighted by Gasteiger charge is -2.15. The highest BCUT2D eigenvalue weighted by molar-refractivity contribution is 5.94. The summed E-state index contributed by atoms with van der Waals surface area (Å²) in [6.45, 7) is 3.90. The van der Waals surface area contributed by atoms with E-state index < -0.39 is 5.91 Å². The lowest BCUT2D eigenvalue weighted by molar-refractivity contribution is -0.116. The normalized spacial score (nSPS) is 10.6. The van der Waals surface area contributed by atoms with Crippen molar-refractivity contribution in [3.63, 3.8) is 0 Å². The minimum Gasteiger partial charge on any atom is -0.366 e. The molecule has 0 aliphatic rings. The molecule has 0 saturated heterocycles. The molecule has 3 N–H and O–H groups in total. The number of anilines is 1. The molecule has 0 radical (unpaired) electrons. The van der Waals surface area contributed by atoms with Crippen molar-refractivity contribution >= 4 is 17.5 Å². The van der Waals surface area contributed by atoms with Crippen LogP contribution >= 0.6 is 0 Å². The zero-order valence-electron chi connectivity index (χ0n) is 12.2. The van der Waals surface area contributed by atoms with Gasteiger partial charge in [0.15, 0.2) is 0 Å². The average molecular weight is 277 g/mol. The third-order valence-electron chi connectivity index (χ3n) is 3.07. The van der Waals surface area contributed by atoms with Crippen LogP contribution in [0.25, 0.3) is 0 Å². The fraction of sp³-hybridized carbons (Fsp3) is 0.467. The lowest BCUT2D eigenvalue weighted by Crippen LogP contribution is -2.25. The zero-order chi connectivity index (χ0) is 15.0. The van der Waals surface area contributed by atoms with E-state index in [0.29, 0.717) is 17.7 Å². The summed E-state index contributed by atoms with van der Waals surface area (Å²) in [5.41, 5.74) is 6.26. The number of nitrogens with zero attached hydrogens (tertiary/aromatic N) is 1. The van der Waals surface area contributed by atoms with Crippen molar-refractivity contribution in [1.82, 2.24) is 4.90 Å². The molecule has 0 atom stereocenters. The molecular weight excluding hydrogens is 254 g/mol. The molecule has 1 rings (SSSR count). The number of rotatable bonds is 8. The second-order valence-electron chi connectivity index (χ2n) is 4.90. The van der Waals surface area contributed by atoms with Crippen molar-refractivity contribution in [2.75, 3.05) is 25.5 Å². The first kappa shape index (κ1) is 16.2. The molecule has 1 aromatic rings. The van der Waals surface area contributed by atoms with Crippen LogP contribution in [-0.4, -0.2) is 36.9 Å². The van der Waals surface area contributed by atoms with Crippen molar-refractivity contribution in [3.05, 3.63) is 29.8 Å². The van der Waals surface area contributed by atoms with E-state index in [-0.39, 0.29) is 5.91 Å². The van der Waals surface area contributed by atoms with E-state index in [1.165, 1.54) is 0 Å². The topological polar surface area (TPSA) is 75.4 Å². The van der Waals surface area contributed by atoms with E-state index in [9.17, 15) is 9.59 Å². The van der Waals surface area contributed by atoms with Crippen LogP contribution in [0.15, 0.2) is 24.3 Å². The number of hydrogen-bond donors (Lipinski definition) is 2. The number of nitrogens with two attached hydrogens (primary N) is 1. The minimum atomic E-state index is -0.472. The molecule has 0 saturated carbocycles. The van der Waals surface area contributed by atoms with Crippen molar-refractivity contribution in [2.24, 2.45) is 5.73 Å². The van der Waals surface area contributed by atoms with Gasteiger partial charge in [0.1, 0.15) is 0 Å². The van der Waals surface area contributed by atoms with Gasteiger partial charge < -0.3 is 16.0 Å². The summed E-state index contributed by atoms with van der Waals surface area (Å²) >= 11 is 0. The summed E-state index contributed by atoms with van der Waals surface area (Å²) in [6, 6.07) is 6.56. The van der Waals surface area contributed by atoms with E-state index in [4.69, 9.17) is 5.73 Å². The van der Waals surface area contributed by atoms with Crippen molar-refractivity contribution in [3.8, 4) is 0 Å². The molecule has 0 spiro atoms. The molecular formula is C15H23N3O2. The van der Waals surface area contributed by atoms with E-state index in [1.807, 2.05) is 7.05 Å². The molecule has 0 aliphatic carbocycles. The fourth-order valence-corrected chi connectivity index (χ4v) is 1.77. The van der Waals surface area contributed by atoms with Gasteiger partial charge >= 0.3 is 0 Å². The summed E-state index contributed by atoms with van der Waals surface area (Å²) in [5, 5.41) is 2.80. The first-order valence-corrected chi connectivity index (χ1v) is 6.91. The molecule has 0 bridgehead atoms. The van der Waals surface area contributed by atoms with Crippen LogP contribution in [0.5, 0.6) is 0 Å². The fourth-order valence-electron chi connectivity index (χ4n) is 1.77. The third kappa shape index (κ3) is 5.84. The number of unbranched alkanes of at least 4 members (excludes halogenated alkanes) is 1. The maximum atomic E-state index is 11.8. The summed E-state index contributed by atoms with van der Waals surface area (Å²) in [5.74, 6) is -0.499. The first-order chi connectivity index (χ1) is 9.52. The maximum absolute atomic E-state index is 11.8. The monoisotopic (exact) mass is 277 g/mol. The number of carbonyl (C=O) groups excluding carboxylic acids is 2. The highest BCUT2D eigenvalue weighted by Gasteiger charge is 2.06. The Labute approximate surface area is 120 Å². The van der Waals surface area contributed by atoms with Crippen LogP contribution in [0, 0.1) is 0 Å². The Morgan fingerprint density at radius 1 is 1.20 bits per heavy atom. The number of nitrogens with one attached hydrogen (secondary N) is 1. The van der Waals surface area contributed by atoms with Crippen molar-refractivity contribution < 1.29 is 9.59 Å². The summed E-state index contributed by atoms with van der Waals surface area (Å²) in [7, 11) is 2.02. The van der Waals surface area contributed by atoms with Gasteiger partial charge in [-0.1, -0.05) is 13.3 Å². The van der Waals surface area contributed by atoms with Crippen molar-refractivity contribution in [1.29, 1.82) is 0 Å². The SMILES string of the molecule is CCCCN(C)CCC(=O)Nc1ccc(C(N)=O)cc1. The molecule has 2 amide bonds. The third-order valence-corrected chi connectivity index (χ3v) is 3.07. The Balaban J connectivity index is 2.36. The molecule has 0 unspecified atom stereocenters. The Bertz CT molecular complexity index is 443. The van der Waals surface area contributed by atoms with Crippen LogP contribution in [0.2, 0.25) is 0 Å².